The Morgan fingerprint density at radius 2 is 1.62 bits per heavy atom. The minimum atomic E-state index is -5.16. The molecule has 1 aromatic carbocycles. The normalized spacial score (nSPS) is 15.9. The first kappa shape index (κ1) is 21.0. The Morgan fingerprint density at radius 3 is 2.17 bits per heavy atom. The summed E-state index contributed by atoms with van der Waals surface area (Å²) in [6.45, 7) is 0. The average molecular weight is 420 g/mol. The molecule has 2 aromatic rings. The van der Waals surface area contributed by atoms with Gasteiger partial charge in [0.15, 0.2) is 11.4 Å². The quantitative estimate of drug-likeness (QED) is 0.691. The van der Waals surface area contributed by atoms with Crippen molar-refractivity contribution >= 4 is 11.7 Å². The number of nitrogens with one attached hydrogen (secondary N) is 1. The van der Waals surface area contributed by atoms with E-state index in [1.54, 1.807) is 6.07 Å². The maximum absolute atomic E-state index is 13.5. The van der Waals surface area contributed by atoms with E-state index in [4.69, 9.17) is 0 Å². The van der Waals surface area contributed by atoms with E-state index < -0.39 is 29.8 Å². The SMILES string of the molecule is O=C(NC1CCCCC1)N(c1ccccc1)n1nc(C(F)(F)F)cc1C(F)(F)F. The van der Waals surface area contributed by atoms with Crippen molar-refractivity contribution in [3.63, 3.8) is 0 Å². The van der Waals surface area contributed by atoms with Crippen molar-refractivity contribution in [3.8, 4) is 0 Å². The monoisotopic (exact) mass is 420 g/mol. The summed E-state index contributed by atoms with van der Waals surface area (Å²) in [6, 6.07) is 5.75. The Bertz CT molecular complexity index is 840. The summed E-state index contributed by atoms with van der Waals surface area (Å²) in [6.07, 6.45) is -6.28. The number of aromatic nitrogens is 2. The molecule has 3 rings (SSSR count). The van der Waals surface area contributed by atoms with Gasteiger partial charge in [-0.1, -0.05) is 37.5 Å². The van der Waals surface area contributed by atoms with Crippen LogP contribution in [-0.4, -0.2) is 22.0 Å². The first-order chi connectivity index (χ1) is 13.6. The summed E-state index contributed by atoms with van der Waals surface area (Å²) in [4.78, 5) is 12.8. The highest BCUT2D eigenvalue weighted by atomic mass is 19.4. The van der Waals surface area contributed by atoms with Crippen LogP contribution in [0.25, 0.3) is 0 Å². The van der Waals surface area contributed by atoms with Crippen molar-refractivity contribution in [1.82, 2.24) is 15.2 Å². The van der Waals surface area contributed by atoms with Gasteiger partial charge in [-0.25, -0.2) is 4.79 Å². The van der Waals surface area contributed by atoms with E-state index in [2.05, 4.69) is 10.4 Å². The van der Waals surface area contributed by atoms with E-state index >= 15 is 0 Å². The van der Waals surface area contributed by atoms with Crippen molar-refractivity contribution in [1.29, 1.82) is 0 Å². The van der Waals surface area contributed by atoms with E-state index in [1.807, 2.05) is 0 Å². The summed E-state index contributed by atoms with van der Waals surface area (Å²) in [5.74, 6) is 0. The first-order valence-electron chi connectivity index (χ1n) is 8.98. The maximum atomic E-state index is 13.5. The molecule has 1 aliphatic carbocycles. The molecule has 1 fully saturated rings. The van der Waals surface area contributed by atoms with Crippen LogP contribution in [0.15, 0.2) is 36.4 Å². The Kier molecular flexibility index (Phi) is 5.76. The van der Waals surface area contributed by atoms with Crippen molar-refractivity contribution in [2.75, 3.05) is 5.01 Å². The maximum Gasteiger partial charge on any atom is 0.435 e. The lowest BCUT2D eigenvalue weighted by Crippen LogP contribution is -2.49. The van der Waals surface area contributed by atoms with Gasteiger partial charge in [0.25, 0.3) is 0 Å². The molecule has 0 spiro atoms. The summed E-state index contributed by atoms with van der Waals surface area (Å²) in [7, 11) is 0. The molecule has 11 heteroatoms. The highest BCUT2D eigenvalue weighted by Gasteiger charge is 2.44. The second-order valence-corrected chi connectivity index (χ2v) is 6.73. The van der Waals surface area contributed by atoms with E-state index in [1.165, 1.54) is 24.3 Å². The summed E-state index contributed by atoms with van der Waals surface area (Å²) in [5.41, 5.74) is -3.49. The van der Waals surface area contributed by atoms with Crippen LogP contribution in [-0.2, 0) is 12.4 Å². The fourth-order valence-electron chi connectivity index (χ4n) is 3.22. The summed E-state index contributed by atoms with van der Waals surface area (Å²) >= 11 is 0. The highest BCUT2D eigenvalue weighted by molar-refractivity contribution is 5.91. The lowest BCUT2D eigenvalue weighted by Gasteiger charge is -2.29. The number of hydrogen-bond donors (Lipinski definition) is 1. The molecule has 29 heavy (non-hydrogen) atoms. The number of para-hydroxylation sites is 1. The van der Waals surface area contributed by atoms with Crippen LogP contribution in [0, 0.1) is 0 Å². The van der Waals surface area contributed by atoms with E-state index in [-0.39, 0.29) is 22.6 Å². The molecule has 0 radical (unpaired) electrons. The zero-order valence-electron chi connectivity index (χ0n) is 15.1. The molecule has 1 saturated carbocycles. The molecule has 1 aliphatic rings. The van der Waals surface area contributed by atoms with Crippen LogP contribution < -0.4 is 10.3 Å². The van der Waals surface area contributed by atoms with Gasteiger partial charge in [-0.2, -0.15) is 36.1 Å². The zero-order valence-corrected chi connectivity index (χ0v) is 15.1. The molecule has 1 N–H and O–H groups in total. The third-order valence-corrected chi connectivity index (χ3v) is 4.59. The van der Waals surface area contributed by atoms with Crippen molar-refractivity contribution in [2.45, 2.75) is 50.5 Å². The molecule has 1 heterocycles. The van der Waals surface area contributed by atoms with Crippen LogP contribution in [0.5, 0.6) is 0 Å². The van der Waals surface area contributed by atoms with Crippen LogP contribution >= 0.6 is 0 Å². The van der Waals surface area contributed by atoms with E-state index in [9.17, 15) is 31.1 Å². The zero-order chi connectivity index (χ0) is 21.2. The molecule has 5 nitrogen and oxygen atoms in total. The third-order valence-electron chi connectivity index (χ3n) is 4.59. The van der Waals surface area contributed by atoms with Gasteiger partial charge in [-0.3, -0.25) is 0 Å². The minimum absolute atomic E-state index is 0.0314. The Balaban J connectivity index is 2.06. The minimum Gasteiger partial charge on any atom is -0.333 e. The smallest absolute Gasteiger partial charge is 0.333 e. The first-order valence-corrected chi connectivity index (χ1v) is 8.98. The number of carbonyl (C=O) groups excluding carboxylic acids is 1. The number of amides is 2. The molecule has 2 amide bonds. The lowest BCUT2D eigenvalue weighted by molar-refractivity contribution is -0.144. The second-order valence-electron chi connectivity index (χ2n) is 6.73. The van der Waals surface area contributed by atoms with Gasteiger partial charge in [0.1, 0.15) is 0 Å². The predicted octanol–water partition coefficient (Wildman–Crippen LogP) is 5.23. The molecular formula is C18H18F6N4O. The van der Waals surface area contributed by atoms with Crippen LogP contribution in [0.4, 0.5) is 36.8 Å². The number of alkyl halides is 6. The molecule has 0 atom stereocenters. The molecular weight excluding hydrogens is 402 g/mol. The number of nitrogens with zero attached hydrogens (tertiary/aromatic N) is 3. The van der Waals surface area contributed by atoms with Crippen LogP contribution in [0.2, 0.25) is 0 Å². The number of urea groups is 1. The van der Waals surface area contributed by atoms with Gasteiger partial charge in [0, 0.05) is 12.1 Å². The Labute approximate surface area is 162 Å². The topological polar surface area (TPSA) is 50.2 Å². The van der Waals surface area contributed by atoms with Gasteiger partial charge >= 0.3 is 18.4 Å². The molecule has 158 valence electrons. The molecule has 0 unspecified atom stereocenters. The standard InChI is InChI=1S/C18H18F6N4O/c19-17(20,21)14-11-15(18(22,23)24)28(26-14)27(13-9-5-2-6-10-13)16(29)25-12-7-3-1-4-8-12/h2,5-6,9-12H,1,3-4,7-8H2,(H,25,29). The van der Waals surface area contributed by atoms with Gasteiger partial charge in [-0.15, -0.1) is 5.10 Å². The van der Waals surface area contributed by atoms with Gasteiger partial charge in [0.05, 0.1) is 5.69 Å². The summed E-state index contributed by atoms with van der Waals surface area (Å²) < 4.78 is 79.5. The van der Waals surface area contributed by atoms with Gasteiger partial charge in [-0.05, 0) is 25.0 Å². The van der Waals surface area contributed by atoms with Crippen LogP contribution in [0.3, 0.4) is 0 Å². The number of hydrogen-bond acceptors (Lipinski definition) is 2. The third kappa shape index (κ3) is 4.83. The Morgan fingerprint density at radius 1 is 1.00 bits per heavy atom. The van der Waals surface area contributed by atoms with Crippen molar-refractivity contribution in [3.05, 3.63) is 47.8 Å². The lowest BCUT2D eigenvalue weighted by atomic mass is 9.96. The van der Waals surface area contributed by atoms with E-state index in [0.717, 1.165) is 19.3 Å². The van der Waals surface area contributed by atoms with E-state index in [0.29, 0.717) is 17.9 Å². The molecule has 1 aromatic heterocycles. The molecule has 0 aliphatic heterocycles. The van der Waals surface area contributed by atoms with Gasteiger partial charge < -0.3 is 5.32 Å². The predicted molar refractivity (Wildman–Crippen MR) is 92.0 cm³/mol. The molecule has 0 bridgehead atoms. The summed E-state index contributed by atoms with van der Waals surface area (Å²) in [5, 5.41) is 6.17. The fourth-order valence-corrected chi connectivity index (χ4v) is 3.22. The largest absolute Gasteiger partial charge is 0.435 e. The molecule has 0 saturated heterocycles. The number of rotatable bonds is 3. The van der Waals surface area contributed by atoms with Crippen molar-refractivity contribution < 1.29 is 31.1 Å². The average Bonchev–Trinajstić information content (AvgIpc) is 3.09. The number of carbonyl (C=O) groups is 1. The number of benzene rings is 1. The van der Waals surface area contributed by atoms with Crippen molar-refractivity contribution in [2.24, 2.45) is 0 Å². The second kappa shape index (κ2) is 7.96. The van der Waals surface area contributed by atoms with Gasteiger partial charge in [0.2, 0.25) is 0 Å². The van der Waals surface area contributed by atoms with Crippen LogP contribution in [0.1, 0.15) is 43.5 Å². The highest BCUT2D eigenvalue weighted by Crippen LogP contribution is 2.36. The Hall–Kier alpha value is -2.72. The fraction of sp³-hybridized carbons (Fsp3) is 0.444. The number of anilines is 1. The number of halogens is 6.